The van der Waals surface area contributed by atoms with E-state index in [0.717, 1.165) is 31.5 Å². The standard InChI is InChI=1S/C17H23FN2O2.ClH/c1-12-11-20(8-9-22-12)17(21)15-10-14(2-3-16(15)18)13-4-6-19-7-5-13;/h2-3,10,12-13,19H,4-9,11H2,1H3;1H. The first-order valence-electron chi connectivity index (χ1n) is 8.06. The zero-order valence-electron chi connectivity index (χ0n) is 13.4. The fourth-order valence-electron chi connectivity index (χ4n) is 3.29. The Hall–Kier alpha value is -1.17. The van der Waals surface area contributed by atoms with Gasteiger partial charge >= 0.3 is 0 Å². The van der Waals surface area contributed by atoms with Gasteiger partial charge in [0.15, 0.2) is 0 Å². The van der Waals surface area contributed by atoms with Crippen LogP contribution in [0.25, 0.3) is 0 Å². The molecule has 1 amide bonds. The van der Waals surface area contributed by atoms with Crippen LogP contribution in [-0.2, 0) is 4.74 Å². The normalized spacial score (nSPS) is 22.5. The summed E-state index contributed by atoms with van der Waals surface area (Å²) < 4.78 is 19.6. The van der Waals surface area contributed by atoms with Crippen LogP contribution in [0.5, 0.6) is 0 Å². The van der Waals surface area contributed by atoms with Gasteiger partial charge in [0.25, 0.3) is 5.91 Å². The maximum atomic E-state index is 14.1. The first-order chi connectivity index (χ1) is 10.6. The van der Waals surface area contributed by atoms with Gasteiger partial charge in [-0.05, 0) is 56.5 Å². The summed E-state index contributed by atoms with van der Waals surface area (Å²) in [5, 5.41) is 3.33. The van der Waals surface area contributed by atoms with Gasteiger partial charge in [0, 0.05) is 13.1 Å². The van der Waals surface area contributed by atoms with Crippen molar-refractivity contribution >= 4 is 18.3 Å². The molecule has 0 aliphatic carbocycles. The molecular weight excluding hydrogens is 319 g/mol. The lowest BCUT2D eigenvalue weighted by Gasteiger charge is -2.31. The lowest BCUT2D eigenvalue weighted by molar-refractivity contribution is -0.0125. The van der Waals surface area contributed by atoms with Crippen molar-refractivity contribution in [3.63, 3.8) is 0 Å². The van der Waals surface area contributed by atoms with Crippen LogP contribution in [0.15, 0.2) is 18.2 Å². The van der Waals surface area contributed by atoms with Crippen LogP contribution in [0, 0.1) is 5.82 Å². The van der Waals surface area contributed by atoms with E-state index in [1.807, 2.05) is 13.0 Å². The second kappa shape index (κ2) is 8.08. The monoisotopic (exact) mass is 342 g/mol. The molecule has 0 bridgehead atoms. The Morgan fingerprint density at radius 2 is 2.09 bits per heavy atom. The molecule has 128 valence electrons. The SMILES string of the molecule is CC1CN(C(=O)c2cc(C3CCNCC3)ccc2F)CCO1.Cl. The largest absolute Gasteiger partial charge is 0.375 e. The summed E-state index contributed by atoms with van der Waals surface area (Å²) >= 11 is 0. The lowest BCUT2D eigenvalue weighted by Crippen LogP contribution is -2.44. The molecule has 2 aliphatic heterocycles. The quantitative estimate of drug-likeness (QED) is 0.898. The predicted molar refractivity (Wildman–Crippen MR) is 89.8 cm³/mol. The third kappa shape index (κ3) is 4.22. The number of amides is 1. The molecule has 1 aromatic rings. The van der Waals surface area contributed by atoms with Crippen LogP contribution in [0.2, 0.25) is 0 Å². The number of nitrogens with one attached hydrogen (secondary N) is 1. The van der Waals surface area contributed by atoms with Crippen LogP contribution in [0.1, 0.15) is 41.6 Å². The highest BCUT2D eigenvalue weighted by Gasteiger charge is 2.25. The fraction of sp³-hybridized carbons (Fsp3) is 0.588. The average molecular weight is 343 g/mol. The van der Waals surface area contributed by atoms with Crippen molar-refractivity contribution in [2.75, 3.05) is 32.8 Å². The molecule has 4 nitrogen and oxygen atoms in total. The Morgan fingerprint density at radius 1 is 1.35 bits per heavy atom. The second-order valence-electron chi connectivity index (χ2n) is 6.20. The summed E-state index contributed by atoms with van der Waals surface area (Å²) in [6.07, 6.45) is 2.08. The number of morpholine rings is 1. The van der Waals surface area contributed by atoms with Gasteiger partial charge in [-0.3, -0.25) is 4.79 Å². The maximum absolute atomic E-state index is 14.1. The highest BCUT2D eigenvalue weighted by molar-refractivity contribution is 5.94. The maximum Gasteiger partial charge on any atom is 0.257 e. The van der Waals surface area contributed by atoms with E-state index >= 15 is 0 Å². The summed E-state index contributed by atoms with van der Waals surface area (Å²) in [6.45, 7) is 5.46. The Kier molecular flexibility index (Phi) is 6.39. The Labute approximate surface area is 142 Å². The number of nitrogens with zero attached hydrogens (tertiary/aromatic N) is 1. The molecule has 2 saturated heterocycles. The molecule has 2 fully saturated rings. The van der Waals surface area contributed by atoms with Crippen LogP contribution < -0.4 is 5.32 Å². The van der Waals surface area contributed by atoms with Gasteiger partial charge in [-0.25, -0.2) is 4.39 Å². The molecule has 1 aromatic carbocycles. The number of ether oxygens (including phenoxy) is 1. The molecule has 0 saturated carbocycles. The summed E-state index contributed by atoms with van der Waals surface area (Å²) in [6, 6.07) is 5.02. The number of carbonyl (C=O) groups is 1. The van der Waals surface area contributed by atoms with Crippen LogP contribution in [-0.4, -0.2) is 49.7 Å². The Bertz CT molecular complexity index is 549. The average Bonchev–Trinajstić information content (AvgIpc) is 2.55. The summed E-state index contributed by atoms with van der Waals surface area (Å²) in [4.78, 5) is 14.3. The zero-order valence-corrected chi connectivity index (χ0v) is 14.2. The smallest absolute Gasteiger partial charge is 0.257 e. The Morgan fingerprint density at radius 3 is 2.78 bits per heavy atom. The predicted octanol–water partition coefficient (Wildman–Crippen LogP) is 2.58. The minimum atomic E-state index is -0.429. The molecule has 2 aliphatic rings. The van der Waals surface area contributed by atoms with Crippen molar-refractivity contribution < 1.29 is 13.9 Å². The molecule has 1 N–H and O–H groups in total. The molecular formula is C17H24ClFN2O2. The van der Waals surface area contributed by atoms with Crippen molar-refractivity contribution in [3.8, 4) is 0 Å². The molecule has 3 rings (SSSR count). The molecule has 2 heterocycles. The molecule has 23 heavy (non-hydrogen) atoms. The highest BCUT2D eigenvalue weighted by atomic mass is 35.5. The minimum Gasteiger partial charge on any atom is -0.375 e. The van der Waals surface area contributed by atoms with Gasteiger partial charge in [-0.1, -0.05) is 6.07 Å². The van der Waals surface area contributed by atoms with E-state index in [4.69, 9.17) is 4.74 Å². The van der Waals surface area contributed by atoms with Crippen molar-refractivity contribution in [2.24, 2.45) is 0 Å². The van der Waals surface area contributed by atoms with Crippen LogP contribution in [0.4, 0.5) is 4.39 Å². The van der Waals surface area contributed by atoms with Crippen molar-refractivity contribution in [2.45, 2.75) is 31.8 Å². The number of hydrogen-bond donors (Lipinski definition) is 1. The van der Waals surface area contributed by atoms with Gasteiger partial charge in [0.2, 0.25) is 0 Å². The van der Waals surface area contributed by atoms with Gasteiger partial charge in [-0.2, -0.15) is 0 Å². The summed E-state index contributed by atoms with van der Waals surface area (Å²) in [5.41, 5.74) is 1.28. The van der Waals surface area contributed by atoms with Gasteiger partial charge < -0.3 is 15.0 Å². The van der Waals surface area contributed by atoms with E-state index in [2.05, 4.69) is 5.32 Å². The fourth-order valence-corrected chi connectivity index (χ4v) is 3.29. The molecule has 0 spiro atoms. The van der Waals surface area contributed by atoms with E-state index in [0.29, 0.717) is 25.6 Å². The Balaban J connectivity index is 0.00000192. The zero-order chi connectivity index (χ0) is 15.5. The number of hydrogen-bond acceptors (Lipinski definition) is 3. The third-order valence-corrected chi connectivity index (χ3v) is 4.56. The van der Waals surface area contributed by atoms with Crippen molar-refractivity contribution in [3.05, 3.63) is 35.1 Å². The van der Waals surface area contributed by atoms with Crippen molar-refractivity contribution in [1.82, 2.24) is 10.2 Å². The summed E-state index contributed by atoms with van der Waals surface area (Å²) in [5.74, 6) is -0.234. The first-order valence-corrected chi connectivity index (χ1v) is 8.06. The van der Waals surface area contributed by atoms with Gasteiger partial charge in [0.05, 0.1) is 18.3 Å². The first kappa shape index (κ1) is 18.2. The van der Waals surface area contributed by atoms with E-state index in [1.54, 1.807) is 11.0 Å². The number of benzene rings is 1. The van der Waals surface area contributed by atoms with Gasteiger partial charge in [0.1, 0.15) is 5.82 Å². The van der Waals surface area contributed by atoms with Crippen LogP contribution in [0.3, 0.4) is 0 Å². The van der Waals surface area contributed by atoms with E-state index in [9.17, 15) is 9.18 Å². The molecule has 6 heteroatoms. The number of carbonyl (C=O) groups excluding carboxylic acids is 1. The van der Waals surface area contributed by atoms with E-state index < -0.39 is 5.82 Å². The van der Waals surface area contributed by atoms with Crippen molar-refractivity contribution in [1.29, 1.82) is 0 Å². The van der Waals surface area contributed by atoms with Gasteiger partial charge in [-0.15, -0.1) is 12.4 Å². The number of rotatable bonds is 2. The highest BCUT2D eigenvalue weighted by Crippen LogP contribution is 2.27. The number of halogens is 2. The molecule has 0 aromatic heterocycles. The third-order valence-electron chi connectivity index (χ3n) is 4.56. The number of piperidine rings is 1. The molecule has 0 radical (unpaired) electrons. The van der Waals surface area contributed by atoms with E-state index in [1.165, 1.54) is 6.07 Å². The minimum absolute atomic E-state index is 0. The second-order valence-corrected chi connectivity index (χ2v) is 6.20. The molecule has 1 unspecified atom stereocenters. The van der Waals surface area contributed by atoms with Crippen LogP contribution >= 0.6 is 12.4 Å². The lowest BCUT2D eigenvalue weighted by atomic mass is 9.89. The topological polar surface area (TPSA) is 41.6 Å². The van der Waals surface area contributed by atoms with E-state index in [-0.39, 0.29) is 30.0 Å². The molecule has 1 atom stereocenters. The summed E-state index contributed by atoms with van der Waals surface area (Å²) in [7, 11) is 0.